The van der Waals surface area contributed by atoms with Crippen molar-refractivity contribution < 1.29 is 19.7 Å². The van der Waals surface area contributed by atoms with Gasteiger partial charge < -0.3 is 14.9 Å². The van der Waals surface area contributed by atoms with E-state index in [0.29, 0.717) is 12.0 Å². The van der Waals surface area contributed by atoms with Gasteiger partial charge in [0.1, 0.15) is 23.0 Å². The van der Waals surface area contributed by atoms with Crippen LogP contribution in [-0.4, -0.2) is 23.1 Å². The fraction of sp³-hybridized carbons (Fsp3) is 0.567. The monoisotopic (exact) mass is 468 g/mol. The predicted octanol–water partition coefficient (Wildman–Crippen LogP) is 7.78. The summed E-state index contributed by atoms with van der Waals surface area (Å²) >= 11 is 0. The number of ether oxygens (including phenoxy) is 1. The molecule has 0 radical (unpaired) electrons. The fourth-order valence-corrected chi connectivity index (χ4v) is 4.51. The molecule has 1 atom stereocenters. The van der Waals surface area contributed by atoms with Crippen LogP contribution in [0, 0.1) is 5.92 Å². The van der Waals surface area contributed by atoms with Gasteiger partial charge in [0, 0.05) is 24.0 Å². The summed E-state index contributed by atoms with van der Waals surface area (Å²) in [7, 11) is 1.65. The maximum atomic E-state index is 13.2. The van der Waals surface area contributed by atoms with E-state index in [-0.39, 0.29) is 29.6 Å². The highest BCUT2D eigenvalue weighted by atomic mass is 16.5. The van der Waals surface area contributed by atoms with Gasteiger partial charge in [-0.15, -0.1) is 0 Å². The molecule has 0 saturated heterocycles. The quantitative estimate of drug-likeness (QED) is 0.219. The van der Waals surface area contributed by atoms with E-state index in [2.05, 4.69) is 6.92 Å². The first-order valence-corrected chi connectivity index (χ1v) is 13.2. The minimum atomic E-state index is -0.0832. The van der Waals surface area contributed by atoms with Crippen molar-refractivity contribution in [3.8, 4) is 17.2 Å². The van der Waals surface area contributed by atoms with Gasteiger partial charge in [0.05, 0.1) is 7.11 Å². The molecule has 0 aliphatic rings. The van der Waals surface area contributed by atoms with E-state index >= 15 is 0 Å². The number of rotatable bonds is 18. The van der Waals surface area contributed by atoms with E-state index in [9.17, 15) is 15.0 Å². The van der Waals surface area contributed by atoms with Gasteiger partial charge in [0.2, 0.25) is 0 Å². The van der Waals surface area contributed by atoms with Crippen LogP contribution in [0.15, 0.2) is 42.5 Å². The first-order valence-electron chi connectivity index (χ1n) is 13.2. The summed E-state index contributed by atoms with van der Waals surface area (Å²) < 4.78 is 5.25. The Morgan fingerprint density at radius 2 is 1.41 bits per heavy atom. The van der Waals surface area contributed by atoms with Crippen LogP contribution in [0.25, 0.3) is 0 Å². The summed E-state index contributed by atoms with van der Waals surface area (Å²) in [5, 5.41) is 19.7. The lowest BCUT2D eigenvalue weighted by atomic mass is 9.87. The molecule has 2 rings (SSSR count). The van der Waals surface area contributed by atoms with E-state index in [1.165, 1.54) is 69.9 Å². The van der Waals surface area contributed by atoms with Crippen molar-refractivity contribution >= 4 is 5.78 Å². The average molecular weight is 469 g/mol. The SMILES string of the molecule is CCCCCCCCCCCCCC(Cc1ccc(OC)cc1)C(=O)Cc1ccc(O)cc1O. The fourth-order valence-electron chi connectivity index (χ4n) is 4.51. The van der Waals surface area contributed by atoms with Crippen LogP contribution in [0.5, 0.6) is 17.2 Å². The number of Topliss-reactive ketones (excluding diaryl/α,β-unsaturated/α-hetero) is 1. The highest BCUT2D eigenvalue weighted by molar-refractivity contribution is 5.84. The zero-order valence-electron chi connectivity index (χ0n) is 21.2. The Balaban J connectivity index is 1.82. The van der Waals surface area contributed by atoms with Gasteiger partial charge in [0.15, 0.2) is 0 Å². The molecule has 2 N–H and O–H groups in total. The Labute approximate surface area is 206 Å². The zero-order chi connectivity index (χ0) is 24.6. The van der Waals surface area contributed by atoms with Crippen LogP contribution in [0.3, 0.4) is 0 Å². The minimum absolute atomic E-state index is 0.00411. The molecule has 34 heavy (non-hydrogen) atoms. The molecule has 0 saturated carbocycles. The van der Waals surface area contributed by atoms with Crippen LogP contribution in [0.2, 0.25) is 0 Å². The summed E-state index contributed by atoms with van der Waals surface area (Å²) in [5.41, 5.74) is 1.69. The van der Waals surface area contributed by atoms with E-state index in [4.69, 9.17) is 4.74 Å². The Bertz CT molecular complexity index is 828. The first kappa shape index (κ1) is 27.8. The Kier molecular flexibility index (Phi) is 13.2. The van der Waals surface area contributed by atoms with Gasteiger partial charge in [-0.25, -0.2) is 0 Å². The summed E-state index contributed by atoms with van der Waals surface area (Å²) in [6.07, 6.45) is 15.9. The number of carbonyl (C=O) groups is 1. The molecular formula is C30H44O4. The molecule has 0 amide bonds. The molecular weight excluding hydrogens is 424 g/mol. The normalized spacial score (nSPS) is 11.9. The van der Waals surface area contributed by atoms with Crippen molar-refractivity contribution in [3.63, 3.8) is 0 Å². The lowest BCUT2D eigenvalue weighted by Crippen LogP contribution is -2.19. The molecule has 0 aliphatic carbocycles. The van der Waals surface area contributed by atoms with Crippen LogP contribution in [0.1, 0.15) is 95.1 Å². The van der Waals surface area contributed by atoms with E-state index in [0.717, 1.165) is 30.6 Å². The van der Waals surface area contributed by atoms with E-state index < -0.39 is 0 Å². The Hall–Kier alpha value is -2.49. The molecule has 0 aliphatic heterocycles. The standard InChI is InChI=1S/C30H44O4/c1-3-4-5-6-7-8-9-10-11-12-13-14-25(21-24-15-19-28(34-2)20-16-24)29(32)22-26-17-18-27(31)23-30(26)33/h15-20,23,25,31,33H,3-14,21-22H2,1-2H3. The number of methoxy groups -OCH3 is 1. The maximum Gasteiger partial charge on any atom is 0.140 e. The third-order valence-electron chi connectivity index (χ3n) is 6.69. The highest BCUT2D eigenvalue weighted by Gasteiger charge is 2.20. The number of hydrogen-bond donors (Lipinski definition) is 2. The largest absolute Gasteiger partial charge is 0.508 e. The molecule has 0 aromatic heterocycles. The molecule has 1 unspecified atom stereocenters. The van der Waals surface area contributed by atoms with Gasteiger partial charge >= 0.3 is 0 Å². The lowest BCUT2D eigenvalue weighted by molar-refractivity contribution is -0.122. The van der Waals surface area contributed by atoms with Crippen molar-refractivity contribution in [1.29, 1.82) is 0 Å². The number of carbonyl (C=O) groups excluding carboxylic acids is 1. The van der Waals surface area contributed by atoms with Crippen molar-refractivity contribution in [3.05, 3.63) is 53.6 Å². The minimum Gasteiger partial charge on any atom is -0.508 e. The summed E-state index contributed by atoms with van der Waals surface area (Å²) in [6, 6.07) is 12.4. The van der Waals surface area contributed by atoms with Gasteiger partial charge in [0.25, 0.3) is 0 Å². The molecule has 4 nitrogen and oxygen atoms in total. The third-order valence-corrected chi connectivity index (χ3v) is 6.69. The smallest absolute Gasteiger partial charge is 0.140 e. The second-order valence-corrected chi connectivity index (χ2v) is 9.53. The van der Waals surface area contributed by atoms with Crippen LogP contribution >= 0.6 is 0 Å². The molecule has 0 heterocycles. The van der Waals surface area contributed by atoms with Crippen molar-refractivity contribution in [2.75, 3.05) is 7.11 Å². The number of unbranched alkanes of at least 4 members (excludes halogenated alkanes) is 10. The molecule has 2 aromatic rings. The Morgan fingerprint density at radius 3 is 1.97 bits per heavy atom. The number of phenols is 2. The zero-order valence-corrected chi connectivity index (χ0v) is 21.2. The Morgan fingerprint density at radius 1 is 0.824 bits per heavy atom. The number of aromatic hydroxyl groups is 2. The second-order valence-electron chi connectivity index (χ2n) is 9.53. The van der Waals surface area contributed by atoms with Crippen molar-refractivity contribution in [2.45, 2.75) is 96.8 Å². The summed E-state index contributed by atoms with van der Waals surface area (Å²) in [6.45, 7) is 2.26. The van der Waals surface area contributed by atoms with Crippen LogP contribution in [0.4, 0.5) is 0 Å². The van der Waals surface area contributed by atoms with Gasteiger partial charge in [-0.2, -0.15) is 0 Å². The average Bonchev–Trinajstić information content (AvgIpc) is 2.83. The van der Waals surface area contributed by atoms with Crippen molar-refractivity contribution in [2.24, 2.45) is 5.92 Å². The van der Waals surface area contributed by atoms with Crippen molar-refractivity contribution in [1.82, 2.24) is 0 Å². The number of hydrogen-bond acceptors (Lipinski definition) is 4. The lowest BCUT2D eigenvalue weighted by Gasteiger charge is -2.17. The number of ketones is 1. The summed E-state index contributed by atoms with van der Waals surface area (Å²) in [5.74, 6) is 0.853. The molecule has 4 heteroatoms. The maximum absolute atomic E-state index is 13.2. The topological polar surface area (TPSA) is 66.8 Å². The van der Waals surface area contributed by atoms with E-state index in [1.807, 2.05) is 24.3 Å². The number of phenolic OH excluding ortho intramolecular Hbond substituents is 2. The first-order chi connectivity index (χ1) is 16.5. The second kappa shape index (κ2) is 16.2. The van der Waals surface area contributed by atoms with Crippen LogP contribution in [-0.2, 0) is 17.6 Å². The molecule has 2 aromatic carbocycles. The molecule has 188 valence electrons. The molecule has 0 bridgehead atoms. The van der Waals surface area contributed by atoms with Gasteiger partial charge in [-0.1, -0.05) is 95.8 Å². The molecule has 0 fully saturated rings. The number of benzene rings is 2. The predicted molar refractivity (Wildman–Crippen MR) is 140 cm³/mol. The van der Waals surface area contributed by atoms with Crippen LogP contribution < -0.4 is 4.74 Å². The van der Waals surface area contributed by atoms with E-state index in [1.54, 1.807) is 13.2 Å². The van der Waals surface area contributed by atoms with Gasteiger partial charge in [-0.3, -0.25) is 4.79 Å². The van der Waals surface area contributed by atoms with Gasteiger partial charge in [-0.05, 0) is 36.6 Å². The molecule has 0 spiro atoms. The summed E-state index contributed by atoms with van der Waals surface area (Å²) in [4.78, 5) is 13.2. The third kappa shape index (κ3) is 10.6. The highest BCUT2D eigenvalue weighted by Crippen LogP contribution is 2.26.